The molecular formula is C10H4ClF4N3O2. The molecule has 2 aromatic rings. The van der Waals surface area contributed by atoms with Gasteiger partial charge in [0.2, 0.25) is 10.8 Å². The summed E-state index contributed by atoms with van der Waals surface area (Å²) in [6.07, 6.45) is -5.05. The molecule has 0 fully saturated rings. The maximum absolute atomic E-state index is 13.0. The van der Waals surface area contributed by atoms with E-state index in [0.717, 1.165) is 12.1 Å². The molecule has 0 N–H and O–H groups in total. The van der Waals surface area contributed by atoms with Crippen LogP contribution in [0.1, 0.15) is 5.69 Å². The van der Waals surface area contributed by atoms with Gasteiger partial charge < -0.3 is 0 Å². The van der Waals surface area contributed by atoms with E-state index < -0.39 is 33.5 Å². The van der Waals surface area contributed by atoms with Crippen LogP contribution in [0.15, 0.2) is 24.3 Å². The van der Waals surface area contributed by atoms with E-state index in [4.69, 9.17) is 11.6 Å². The molecule has 0 saturated heterocycles. The fourth-order valence-corrected chi connectivity index (χ4v) is 1.81. The summed E-state index contributed by atoms with van der Waals surface area (Å²) in [6, 6.07) is 4.33. The molecule has 0 amide bonds. The van der Waals surface area contributed by atoms with Gasteiger partial charge in [-0.05, 0) is 18.2 Å². The van der Waals surface area contributed by atoms with Gasteiger partial charge in [-0.2, -0.15) is 18.3 Å². The molecule has 0 bridgehead atoms. The second kappa shape index (κ2) is 4.75. The van der Waals surface area contributed by atoms with E-state index in [9.17, 15) is 27.7 Å². The SMILES string of the molecule is O=[N+]([O-])c1c(C(F)(F)F)nn(-c2cccc(F)c2)c1Cl. The number of hydrogen-bond donors (Lipinski definition) is 0. The van der Waals surface area contributed by atoms with E-state index in [1.54, 1.807) is 0 Å². The van der Waals surface area contributed by atoms with Crippen LogP contribution in [0.5, 0.6) is 0 Å². The fraction of sp³-hybridized carbons (Fsp3) is 0.100. The van der Waals surface area contributed by atoms with Crippen LogP contribution in [0, 0.1) is 15.9 Å². The van der Waals surface area contributed by atoms with Crippen LogP contribution in [0.4, 0.5) is 23.2 Å². The van der Waals surface area contributed by atoms with Crippen LogP contribution in [0.3, 0.4) is 0 Å². The van der Waals surface area contributed by atoms with Crippen molar-refractivity contribution >= 4 is 17.3 Å². The molecule has 10 heteroatoms. The number of alkyl halides is 3. The number of rotatable bonds is 2. The zero-order valence-electron chi connectivity index (χ0n) is 9.36. The van der Waals surface area contributed by atoms with Gasteiger partial charge in [-0.25, -0.2) is 9.07 Å². The van der Waals surface area contributed by atoms with Crippen molar-refractivity contribution in [3.05, 3.63) is 51.0 Å². The molecule has 0 aliphatic heterocycles. The topological polar surface area (TPSA) is 61.0 Å². The Labute approximate surface area is 113 Å². The predicted octanol–water partition coefficient (Wildman–Crippen LogP) is 3.59. The van der Waals surface area contributed by atoms with E-state index in [0.29, 0.717) is 4.68 Å². The lowest BCUT2D eigenvalue weighted by Crippen LogP contribution is -2.09. The zero-order chi connectivity index (χ0) is 15.1. The van der Waals surface area contributed by atoms with Crippen molar-refractivity contribution in [2.75, 3.05) is 0 Å². The predicted molar refractivity (Wildman–Crippen MR) is 60.2 cm³/mol. The molecule has 5 nitrogen and oxygen atoms in total. The molecule has 0 radical (unpaired) electrons. The van der Waals surface area contributed by atoms with Crippen LogP contribution < -0.4 is 0 Å². The van der Waals surface area contributed by atoms with Crippen LogP contribution >= 0.6 is 11.6 Å². The summed E-state index contributed by atoms with van der Waals surface area (Å²) in [5.41, 5.74) is -3.27. The lowest BCUT2D eigenvalue weighted by Gasteiger charge is -2.02. The Bertz CT molecular complexity index is 684. The highest BCUT2D eigenvalue weighted by molar-refractivity contribution is 6.32. The summed E-state index contributed by atoms with van der Waals surface area (Å²) in [5.74, 6) is -0.745. The molecule has 1 aromatic carbocycles. The van der Waals surface area contributed by atoms with Gasteiger partial charge >= 0.3 is 11.9 Å². The minimum Gasteiger partial charge on any atom is -0.258 e. The highest BCUT2D eigenvalue weighted by Gasteiger charge is 2.45. The fourth-order valence-electron chi connectivity index (χ4n) is 1.52. The van der Waals surface area contributed by atoms with Gasteiger partial charge in [0.1, 0.15) is 5.82 Å². The van der Waals surface area contributed by atoms with Crippen molar-refractivity contribution in [3.63, 3.8) is 0 Å². The van der Waals surface area contributed by atoms with E-state index >= 15 is 0 Å². The Morgan fingerprint density at radius 2 is 2.00 bits per heavy atom. The van der Waals surface area contributed by atoms with Crippen molar-refractivity contribution < 1.29 is 22.5 Å². The maximum Gasteiger partial charge on any atom is 0.442 e. The maximum atomic E-state index is 13.0. The van der Waals surface area contributed by atoms with Gasteiger partial charge in [0.25, 0.3) is 0 Å². The zero-order valence-corrected chi connectivity index (χ0v) is 10.1. The summed E-state index contributed by atoms with van der Waals surface area (Å²) in [4.78, 5) is 9.41. The highest BCUT2D eigenvalue weighted by Crippen LogP contribution is 2.40. The molecule has 2 rings (SSSR count). The molecule has 0 aliphatic rings. The first-order valence-corrected chi connectivity index (χ1v) is 5.35. The third-order valence-electron chi connectivity index (χ3n) is 2.31. The molecule has 0 atom stereocenters. The Balaban J connectivity index is 2.71. The first-order chi connectivity index (χ1) is 9.21. The van der Waals surface area contributed by atoms with E-state index in [-0.39, 0.29) is 5.69 Å². The van der Waals surface area contributed by atoms with Crippen molar-refractivity contribution in [1.29, 1.82) is 0 Å². The highest BCUT2D eigenvalue weighted by atomic mass is 35.5. The Morgan fingerprint density at radius 1 is 1.35 bits per heavy atom. The third-order valence-corrected chi connectivity index (χ3v) is 2.65. The largest absolute Gasteiger partial charge is 0.442 e. The summed E-state index contributed by atoms with van der Waals surface area (Å²) in [5, 5.41) is 12.9. The van der Waals surface area contributed by atoms with E-state index in [1.807, 2.05) is 0 Å². The number of halogens is 5. The second-order valence-corrected chi connectivity index (χ2v) is 3.99. The number of hydrogen-bond acceptors (Lipinski definition) is 3. The van der Waals surface area contributed by atoms with Gasteiger partial charge in [-0.3, -0.25) is 10.1 Å². The Morgan fingerprint density at radius 3 is 2.45 bits per heavy atom. The first-order valence-electron chi connectivity index (χ1n) is 4.98. The third kappa shape index (κ3) is 2.44. The molecule has 1 aromatic heterocycles. The van der Waals surface area contributed by atoms with Crippen molar-refractivity contribution in [1.82, 2.24) is 9.78 Å². The van der Waals surface area contributed by atoms with E-state index in [2.05, 4.69) is 5.10 Å². The average molecular weight is 310 g/mol. The second-order valence-electron chi connectivity index (χ2n) is 3.63. The molecular weight excluding hydrogens is 306 g/mol. The van der Waals surface area contributed by atoms with Crippen LogP contribution in [-0.4, -0.2) is 14.7 Å². The molecule has 1 heterocycles. The number of benzene rings is 1. The summed E-state index contributed by atoms with van der Waals surface area (Å²) >= 11 is 5.55. The van der Waals surface area contributed by atoms with E-state index in [1.165, 1.54) is 12.1 Å². The first kappa shape index (κ1) is 14.3. The summed E-state index contributed by atoms with van der Waals surface area (Å²) < 4.78 is 51.6. The molecule has 20 heavy (non-hydrogen) atoms. The quantitative estimate of drug-likeness (QED) is 0.484. The molecule has 0 unspecified atom stereocenters. The molecule has 0 saturated carbocycles. The monoisotopic (exact) mass is 309 g/mol. The van der Waals surface area contributed by atoms with Crippen LogP contribution in [-0.2, 0) is 6.18 Å². The van der Waals surface area contributed by atoms with Gasteiger partial charge in [0.05, 0.1) is 10.6 Å². The lowest BCUT2D eigenvalue weighted by atomic mass is 10.3. The summed E-state index contributed by atoms with van der Waals surface area (Å²) in [7, 11) is 0. The van der Waals surface area contributed by atoms with Crippen molar-refractivity contribution in [3.8, 4) is 5.69 Å². The minimum absolute atomic E-state index is 0.159. The van der Waals surface area contributed by atoms with Crippen molar-refractivity contribution in [2.45, 2.75) is 6.18 Å². The Hall–Kier alpha value is -2.16. The lowest BCUT2D eigenvalue weighted by molar-refractivity contribution is -0.388. The molecule has 0 aliphatic carbocycles. The number of nitro groups is 1. The number of aromatic nitrogens is 2. The molecule has 0 spiro atoms. The summed E-state index contributed by atoms with van der Waals surface area (Å²) in [6.45, 7) is 0. The average Bonchev–Trinajstić information content (AvgIpc) is 2.66. The minimum atomic E-state index is -5.05. The standard InChI is InChI=1S/C10H4ClF4N3O2/c11-9-7(18(19)20)8(10(13,14)15)16-17(9)6-3-1-2-5(12)4-6/h1-4H. The van der Waals surface area contributed by atoms with Crippen LogP contribution in [0.25, 0.3) is 5.69 Å². The van der Waals surface area contributed by atoms with Crippen molar-refractivity contribution in [2.24, 2.45) is 0 Å². The van der Waals surface area contributed by atoms with Gasteiger partial charge in [-0.1, -0.05) is 17.7 Å². The Kier molecular flexibility index (Phi) is 3.38. The smallest absolute Gasteiger partial charge is 0.258 e. The van der Waals surface area contributed by atoms with Gasteiger partial charge in [0, 0.05) is 0 Å². The van der Waals surface area contributed by atoms with Gasteiger partial charge in [-0.15, -0.1) is 0 Å². The van der Waals surface area contributed by atoms with Gasteiger partial charge in [0.15, 0.2) is 0 Å². The normalized spacial score (nSPS) is 11.7. The molecule has 106 valence electrons. The number of nitrogens with zero attached hydrogens (tertiary/aromatic N) is 3. The van der Waals surface area contributed by atoms with Crippen LogP contribution in [0.2, 0.25) is 5.15 Å².